The number of rotatable bonds is 2. The summed E-state index contributed by atoms with van der Waals surface area (Å²) in [6.07, 6.45) is 1.25. The second-order valence-corrected chi connectivity index (χ2v) is 6.10. The number of hydrogen-bond acceptors (Lipinski definition) is 1. The van der Waals surface area contributed by atoms with E-state index in [2.05, 4.69) is 25.1 Å². The minimum absolute atomic E-state index is 0.132. The van der Waals surface area contributed by atoms with Crippen molar-refractivity contribution in [3.8, 4) is 0 Å². The number of fused-ring (bicyclic) bond motifs is 3. The van der Waals surface area contributed by atoms with Gasteiger partial charge in [0.15, 0.2) is 0 Å². The Morgan fingerprint density at radius 3 is 2.63 bits per heavy atom. The number of hydrogen-bond donors (Lipinski definition) is 0. The van der Waals surface area contributed by atoms with E-state index in [1.165, 1.54) is 22.8 Å². The number of furan rings is 1. The van der Waals surface area contributed by atoms with Gasteiger partial charge < -0.3 is 4.42 Å². The molecule has 4 rings (SSSR count). The number of para-hydroxylation sites is 1. The third-order valence-electron chi connectivity index (χ3n) is 4.27. The van der Waals surface area contributed by atoms with E-state index in [-0.39, 0.29) is 5.38 Å². The van der Waals surface area contributed by atoms with Gasteiger partial charge in [-0.3, -0.25) is 0 Å². The van der Waals surface area contributed by atoms with E-state index in [9.17, 15) is 0 Å². The zero-order valence-corrected chi connectivity index (χ0v) is 11.5. The van der Waals surface area contributed by atoms with Crippen LogP contribution in [0.4, 0.5) is 0 Å². The molecule has 0 radical (unpaired) electrons. The molecule has 0 N–H and O–H groups in total. The summed E-state index contributed by atoms with van der Waals surface area (Å²) < 4.78 is 5.84. The molecule has 0 spiro atoms. The summed E-state index contributed by atoms with van der Waals surface area (Å²) in [4.78, 5) is 0. The molecule has 96 valence electrons. The minimum atomic E-state index is 0.132. The molecule has 0 amide bonds. The van der Waals surface area contributed by atoms with Gasteiger partial charge in [-0.25, -0.2) is 0 Å². The Bertz CT molecular complexity index is 758. The van der Waals surface area contributed by atoms with Crippen molar-refractivity contribution in [1.82, 2.24) is 0 Å². The lowest BCUT2D eigenvalue weighted by Gasteiger charge is -2.08. The molecule has 0 bridgehead atoms. The Labute approximate surface area is 117 Å². The molecule has 1 fully saturated rings. The van der Waals surface area contributed by atoms with E-state index in [1.807, 2.05) is 24.3 Å². The summed E-state index contributed by atoms with van der Waals surface area (Å²) >= 11 is 6.59. The van der Waals surface area contributed by atoms with Crippen molar-refractivity contribution in [2.45, 2.75) is 18.7 Å². The molecule has 19 heavy (non-hydrogen) atoms. The topological polar surface area (TPSA) is 13.1 Å². The van der Waals surface area contributed by atoms with E-state index >= 15 is 0 Å². The third-order valence-corrected chi connectivity index (χ3v) is 4.84. The predicted molar refractivity (Wildman–Crippen MR) is 79.6 cm³/mol. The molecular formula is C17H15ClO. The van der Waals surface area contributed by atoms with Gasteiger partial charge in [-0.15, -0.1) is 11.6 Å². The Balaban J connectivity index is 1.87. The van der Waals surface area contributed by atoms with Crippen molar-refractivity contribution >= 4 is 33.5 Å². The maximum Gasteiger partial charge on any atom is 0.135 e. The van der Waals surface area contributed by atoms with Gasteiger partial charge in [0.1, 0.15) is 11.2 Å². The first-order chi connectivity index (χ1) is 9.24. The summed E-state index contributed by atoms with van der Waals surface area (Å²) in [6, 6.07) is 14.5. The van der Waals surface area contributed by atoms with Crippen molar-refractivity contribution in [2.24, 2.45) is 11.8 Å². The third kappa shape index (κ3) is 1.76. The van der Waals surface area contributed by atoms with Crippen molar-refractivity contribution in [1.29, 1.82) is 0 Å². The van der Waals surface area contributed by atoms with Crippen LogP contribution in [0.5, 0.6) is 0 Å². The maximum absolute atomic E-state index is 6.59. The van der Waals surface area contributed by atoms with Crippen LogP contribution in [0.3, 0.4) is 0 Å². The average molecular weight is 271 g/mol. The van der Waals surface area contributed by atoms with E-state index in [0.29, 0.717) is 5.92 Å². The molecule has 0 saturated heterocycles. The smallest absolute Gasteiger partial charge is 0.135 e. The monoisotopic (exact) mass is 270 g/mol. The zero-order chi connectivity index (χ0) is 13.0. The molecule has 2 heteroatoms. The summed E-state index contributed by atoms with van der Waals surface area (Å²) in [6.45, 7) is 2.27. The summed E-state index contributed by atoms with van der Waals surface area (Å²) in [5.41, 5.74) is 3.10. The lowest BCUT2D eigenvalue weighted by molar-refractivity contribution is 0.668. The van der Waals surface area contributed by atoms with E-state index in [0.717, 1.165) is 17.1 Å². The molecule has 1 aromatic heterocycles. The van der Waals surface area contributed by atoms with Crippen LogP contribution >= 0.6 is 11.6 Å². The molecule has 1 aliphatic rings. The first kappa shape index (κ1) is 11.4. The fraction of sp³-hybridized carbons (Fsp3) is 0.294. The molecule has 1 saturated carbocycles. The van der Waals surface area contributed by atoms with Gasteiger partial charge in [-0.1, -0.05) is 31.2 Å². The Hall–Kier alpha value is -1.47. The first-order valence-electron chi connectivity index (χ1n) is 6.79. The second kappa shape index (κ2) is 4.01. The fourth-order valence-electron chi connectivity index (χ4n) is 2.92. The Morgan fingerprint density at radius 2 is 1.84 bits per heavy atom. The molecular weight excluding hydrogens is 256 g/mol. The predicted octanol–water partition coefficient (Wildman–Crippen LogP) is 5.52. The van der Waals surface area contributed by atoms with Crippen LogP contribution in [-0.2, 0) is 0 Å². The second-order valence-electron chi connectivity index (χ2n) is 5.63. The molecule has 0 aliphatic heterocycles. The Morgan fingerprint density at radius 1 is 1.11 bits per heavy atom. The van der Waals surface area contributed by atoms with Gasteiger partial charge in [0.2, 0.25) is 0 Å². The highest BCUT2D eigenvalue weighted by Gasteiger charge is 2.39. The van der Waals surface area contributed by atoms with Gasteiger partial charge in [-0.05, 0) is 42.0 Å². The van der Waals surface area contributed by atoms with Gasteiger partial charge in [0, 0.05) is 10.8 Å². The molecule has 3 unspecified atom stereocenters. The van der Waals surface area contributed by atoms with Crippen LogP contribution in [0.1, 0.15) is 24.3 Å². The van der Waals surface area contributed by atoms with Crippen LogP contribution in [-0.4, -0.2) is 0 Å². The highest BCUT2D eigenvalue weighted by molar-refractivity contribution is 6.21. The summed E-state index contributed by atoms with van der Waals surface area (Å²) in [5, 5.41) is 2.48. The molecule has 2 aromatic carbocycles. The first-order valence-corrected chi connectivity index (χ1v) is 7.23. The van der Waals surface area contributed by atoms with Gasteiger partial charge >= 0.3 is 0 Å². The standard InChI is InChI=1S/C17H15ClO/c1-10-8-13(10)17(18)11-6-7-16-14(9-11)12-4-2-3-5-15(12)19-16/h2-7,9-10,13,17H,8H2,1H3. The number of halogens is 1. The van der Waals surface area contributed by atoms with E-state index in [1.54, 1.807) is 0 Å². The van der Waals surface area contributed by atoms with Gasteiger partial charge in [-0.2, -0.15) is 0 Å². The SMILES string of the molecule is CC1CC1C(Cl)c1ccc2oc3ccccc3c2c1. The van der Waals surface area contributed by atoms with E-state index < -0.39 is 0 Å². The van der Waals surface area contributed by atoms with E-state index in [4.69, 9.17) is 16.0 Å². The van der Waals surface area contributed by atoms with Gasteiger partial charge in [0.05, 0.1) is 5.38 Å². The molecule has 1 aliphatic carbocycles. The van der Waals surface area contributed by atoms with Crippen LogP contribution in [0.15, 0.2) is 46.9 Å². The molecule has 3 atom stereocenters. The highest BCUT2D eigenvalue weighted by Crippen LogP contribution is 2.50. The van der Waals surface area contributed by atoms with Crippen LogP contribution < -0.4 is 0 Å². The largest absolute Gasteiger partial charge is 0.456 e. The molecule has 1 nitrogen and oxygen atoms in total. The molecule has 1 heterocycles. The number of alkyl halides is 1. The fourth-order valence-corrected chi connectivity index (χ4v) is 3.41. The van der Waals surface area contributed by atoms with Crippen LogP contribution in [0, 0.1) is 11.8 Å². The Kier molecular flexibility index (Phi) is 2.40. The quantitative estimate of drug-likeness (QED) is 0.559. The lowest BCUT2D eigenvalue weighted by Crippen LogP contribution is -1.93. The normalized spacial score (nSPS) is 23.9. The highest BCUT2D eigenvalue weighted by atomic mass is 35.5. The molecule has 3 aromatic rings. The van der Waals surface area contributed by atoms with Crippen molar-refractivity contribution in [3.63, 3.8) is 0 Å². The van der Waals surface area contributed by atoms with Crippen molar-refractivity contribution in [2.75, 3.05) is 0 Å². The average Bonchev–Trinajstić information content (AvgIpc) is 3.05. The van der Waals surface area contributed by atoms with Crippen molar-refractivity contribution < 1.29 is 4.42 Å². The van der Waals surface area contributed by atoms with Crippen LogP contribution in [0.2, 0.25) is 0 Å². The maximum atomic E-state index is 6.59. The van der Waals surface area contributed by atoms with Crippen molar-refractivity contribution in [3.05, 3.63) is 48.0 Å². The van der Waals surface area contributed by atoms with Crippen LogP contribution in [0.25, 0.3) is 21.9 Å². The zero-order valence-electron chi connectivity index (χ0n) is 10.8. The number of benzene rings is 2. The summed E-state index contributed by atoms with van der Waals surface area (Å²) in [5.74, 6) is 1.40. The lowest BCUT2D eigenvalue weighted by atomic mass is 10.0. The minimum Gasteiger partial charge on any atom is -0.456 e. The van der Waals surface area contributed by atoms with Gasteiger partial charge in [0.25, 0.3) is 0 Å². The summed E-state index contributed by atoms with van der Waals surface area (Å²) in [7, 11) is 0.